The molecule has 1 aliphatic heterocycles. The van der Waals surface area contributed by atoms with E-state index >= 15 is 0 Å². The lowest BCUT2D eigenvalue weighted by Gasteiger charge is -2.46. The van der Waals surface area contributed by atoms with E-state index in [0.29, 0.717) is 31.7 Å². The molecule has 1 saturated heterocycles. The number of rotatable bonds is 25. The van der Waals surface area contributed by atoms with Gasteiger partial charge in [0.2, 0.25) is 0 Å². The topological polar surface area (TPSA) is 36.9 Å². The Labute approximate surface area is 270 Å². The minimum atomic E-state index is -0.212. The van der Waals surface area contributed by atoms with Crippen LogP contribution >= 0.6 is 0 Å². The molecule has 0 N–H and O–H groups in total. The van der Waals surface area contributed by atoms with E-state index in [9.17, 15) is 0 Å². The Hall–Kier alpha value is -1.72. The maximum Gasteiger partial charge on any atom is 0.160 e. The fourth-order valence-electron chi connectivity index (χ4n) is 6.88. The van der Waals surface area contributed by atoms with Gasteiger partial charge in [0.15, 0.2) is 6.29 Å². The highest BCUT2D eigenvalue weighted by atomic mass is 16.7. The maximum absolute atomic E-state index is 6.84. The zero-order chi connectivity index (χ0) is 31.1. The largest absolute Gasteiger partial charge is 0.374 e. The Balaban J connectivity index is 1.64. The van der Waals surface area contributed by atoms with Crippen molar-refractivity contribution in [2.45, 2.75) is 155 Å². The van der Waals surface area contributed by atoms with Crippen molar-refractivity contribution in [3.63, 3.8) is 0 Å². The third-order valence-corrected chi connectivity index (χ3v) is 9.44. The van der Waals surface area contributed by atoms with Gasteiger partial charge in [0, 0.05) is 13.0 Å². The molecule has 1 heterocycles. The SMILES string of the molecule is CCCCCCCCCCCCC[C@H]1[C@H](OCc2ccccc2)[C@@H](COCc2ccccc2)OC(OC)[C@@H]1CCCCCC. The molecule has 2 aromatic carbocycles. The van der Waals surface area contributed by atoms with Gasteiger partial charge in [-0.05, 0) is 29.9 Å². The average Bonchev–Trinajstić information content (AvgIpc) is 3.06. The molecule has 0 bridgehead atoms. The first-order chi connectivity index (χ1) is 21.8. The highest BCUT2D eigenvalue weighted by molar-refractivity contribution is 5.14. The van der Waals surface area contributed by atoms with Crippen LogP contribution in [0.15, 0.2) is 60.7 Å². The molecule has 0 spiro atoms. The van der Waals surface area contributed by atoms with Gasteiger partial charge < -0.3 is 18.9 Å². The number of unbranched alkanes of at least 4 members (excludes halogenated alkanes) is 13. The summed E-state index contributed by atoms with van der Waals surface area (Å²) in [6, 6.07) is 21.0. The van der Waals surface area contributed by atoms with Gasteiger partial charge in [-0.25, -0.2) is 0 Å². The van der Waals surface area contributed by atoms with E-state index in [1.54, 1.807) is 0 Å². The van der Waals surface area contributed by atoms with Crippen molar-refractivity contribution in [1.82, 2.24) is 0 Å². The van der Waals surface area contributed by atoms with Crippen molar-refractivity contribution < 1.29 is 18.9 Å². The van der Waals surface area contributed by atoms with Gasteiger partial charge in [0.25, 0.3) is 0 Å². The van der Waals surface area contributed by atoms with Crippen molar-refractivity contribution in [2.24, 2.45) is 11.8 Å². The molecule has 1 unspecified atom stereocenters. The number of methoxy groups -OCH3 is 1. The zero-order valence-corrected chi connectivity index (χ0v) is 28.4. The molecule has 0 aromatic heterocycles. The predicted molar refractivity (Wildman–Crippen MR) is 184 cm³/mol. The van der Waals surface area contributed by atoms with Gasteiger partial charge in [-0.15, -0.1) is 0 Å². The summed E-state index contributed by atoms with van der Waals surface area (Å²) in [6.07, 6.45) is 21.9. The molecule has 248 valence electrons. The van der Waals surface area contributed by atoms with Gasteiger partial charge in [0.1, 0.15) is 6.10 Å². The van der Waals surface area contributed by atoms with Crippen molar-refractivity contribution in [2.75, 3.05) is 13.7 Å². The molecule has 1 aliphatic rings. The summed E-state index contributed by atoms with van der Waals surface area (Å²) in [5.41, 5.74) is 2.39. The van der Waals surface area contributed by atoms with Crippen LogP contribution in [0.25, 0.3) is 0 Å². The van der Waals surface area contributed by atoms with Crippen LogP contribution in [-0.2, 0) is 32.2 Å². The van der Waals surface area contributed by atoms with Crippen LogP contribution in [0.4, 0.5) is 0 Å². The van der Waals surface area contributed by atoms with Gasteiger partial charge in [-0.3, -0.25) is 0 Å². The first kappa shape index (κ1) is 36.7. The van der Waals surface area contributed by atoms with E-state index in [1.807, 2.05) is 13.2 Å². The third kappa shape index (κ3) is 14.1. The van der Waals surface area contributed by atoms with Crippen LogP contribution in [0.1, 0.15) is 134 Å². The standard InChI is InChI=1S/C40H64O4/c1-4-6-8-10-11-12-13-14-15-16-24-29-36-37(30-23-9-7-5-2)40(41-3)44-38(33-42-31-34-25-19-17-20-26-34)39(36)43-32-35-27-21-18-22-28-35/h17-22,25-28,36-40H,4-16,23-24,29-33H2,1-3H3/t36-,37-,38-,39+,40?/m1/s1. The van der Waals surface area contributed by atoms with Crippen LogP contribution in [-0.4, -0.2) is 32.2 Å². The second-order valence-corrected chi connectivity index (χ2v) is 13.0. The number of ether oxygens (including phenoxy) is 4. The summed E-state index contributed by atoms with van der Waals surface area (Å²) < 4.78 is 25.9. The van der Waals surface area contributed by atoms with E-state index in [4.69, 9.17) is 18.9 Å². The van der Waals surface area contributed by atoms with Gasteiger partial charge in [-0.1, -0.05) is 171 Å². The number of hydrogen-bond donors (Lipinski definition) is 0. The second kappa shape index (κ2) is 23.6. The average molecular weight is 609 g/mol. The van der Waals surface area contributed by atoms with E-state index in [-0.39, 0.29) is 18.5 Å². The molecule has 0 aliphatic carbocycles. The molecular formula is C40H64O4. The van der Waals surface area contributed by atoms with Gasteiger partial charge in [0.05, 0.1) is 25.9 Å². The van der Waals surface area contributed by atoms with Crippen molar-refractivity contribution in [1.29, 1.82) is 0 Å². The Bertz CT molecular complexity index is 919. The van der Waals surface area contributed by atoms with Gasteiger partial charge >= 0.3 is 0 Å². The molecule has 44 heavy (non-hydrogen) atoms. The monoisotopic (exact) mass is 608 g/mol. The minimum Gasteiger partial charge on any atom is -0.374 e. The van der Waals surface area contributed by atoms with Gasteiger partial charge in [-0.2, -0.15) is 0 Å². The molecule has 4 heteroatoms. The first-order valence-electron chi connectivity index (χ1n) is 18.2. The summed E-state index contributed by atoms with van der Waals surface area (Å²) in [5.74, 6) is 0.731. The summed E-state index contributed by atoms with van der Waals surface area (Å²) in [7, 11) is 1.82. The predicted octanol–water partition coefficient (Wildman–Crippen LogP) is 11.1. The lowest BCUT2D eigenvalue weighted by Crippen LogP contribution is -2.54. The maximum atomic E-state index is 6.84. The second-order valence-electron chi connectivity index (χ2n) is 13.0. The summed E-state index contributed by atoms with van der Waals surface area (Å²) in [4.78, 5) is 0. The molecular weight excluding hydrogens is 544 g/mol. The Morgan fingerprint density at radius 1 is 0.568 bits per heavy atom. The van der Waals surface area contributed by atoms with E-state index in [2.05, 4.69) is 68.4 Å². The third-order valence-electron chi connectivity index (χ3n) is 9.44. The van der Waals surface area contributed by atoms with Crippen LogP contribution in [0.2, 0.25) is 0 Å². The molecule has 0 saturated carbocycles. The van der Waals surface area contributed by atoms with Crippen LogP contribution < -0.4 is 0 Å². The van der Waals surface area contributed by atoms with E-state index < -0.39 is 0 Å². The molecule has 1 fully saturated rings. The van der Waals surface area contributed by atoms with E-state index in [1.165, 1.54) is 107 Å². The number of benzene rings is 2. The zero-order valence-electron chi connectivity index (χ0n) is 28.4. The Kier molecular flexibility index (Phi) is 19.7. The number of hydrogen-bond acceptors (Lipinski definition) is 4. The normalized spacial score (nSPS) is 21.9. The molecule has 0 amide bonds. The fraction of sp³-hybridized carbons (Fsp3) is 0.700. The molecule has 3 rings (SSSR count). The Morgan fingerprint density at radius 3 is 1.59 bits per heavy atom. The van der Waals surface area contributed by atoms with Crippen molar-refractivity contribution in [3.8, 4) is 0 Å². The minimum absolute atomic E-state index is 0.0170. The molecule has 5 atom stereocenters. The van der Waals surface area contributed by atoms with Crippen molar-refractivity contribution >= 4 is 0 Å². The van der Waals surface area contributed by atoms with Crippen LogP contribution in [0.3, 0.4) is 0 Å². The molecule has 2 aromatic rings. The van der Waals surface area contributed by atoms with Crippen molar-refractivity contribution in [3.05, 3.63) is 71.8 Å². The lowest BCUT2D eigenvalue weighted by atomic mass is 9.76. The quantitative estimate of drug-likeness (QED) is 0.105. The summed E-state index contributed by atoms with van der Waals surface area (Å²) in [6.45, 7) is 6.25. The highest BCUT2D eigenvalue weighted by Gasteiger charge is 2.46. The molecule has 4 nitrogen and oxygen atoms in total. The summed E-state index contributed by atoms with van der Waals surface area (Å²) in [5, 5.41) is 0. The fourth-order valence-corrected chi connectivity index (χ4v) is 6.88. The molecule has 0 radical (unpaired) electrons. The first-order valence-corrected chi connectivity index (χ1v) is 18.2. The highest BCUT2D eigenvalue weighted by Crippen LogP contribution is 2.40. The van der Waals surface area contributed by atoms with E-state index in [0.717, 1.165) is 12.8 Å². The van der Waals surface area contributed by atoms with Crippen LogP contribution in [0.5, 0.6) is 0 Å². The van der Waals surface area contributed by atoms with Crippen LogP contribution in [0, 0.1) is 11.8 Å². The Morgan fingerprint density at radius 2 is 1.05 bits per heavy atom. The summed E-state index contributed by atoms with van der Waals surface area (Å²) >= 11 is 0. The smallest absolute Gasteiger partial charge is 0.160 e. The lowest BCUT2D eigenvalue weighted by molar-refractivity contribution is -0.281.